The molecule has 0 aliphatic heterocycles. The molecule has 1 aromatic carbocycles. The highest BCUT2D eigenvalue weighted by atomic mass is 16.5. The Labute approximate surface area is 86.9 Å². The van der Waals surface area contributed by atoms with Crippen molar-refractivity contribution in [2.24, 2.45) is 0 Å². The normalized spacial score (nSPS) is 9.87. The average molecular weight is 199 g/mol. The molecule has 2 aromatic rings. The van der Waals surface area contributed by atoms with Gasteiger partial charge in [-0.2, -0.15) is 5.26 Å². The Morgan fingerprint density at radius 3 is 2.93 bits per heavy atom. The van der Waals surface area contributed by atoms with E-state index in [9.17, 15) is 0 Å². The Bertz CT molecular complexity index is 557. The number of rotatable bonds is 1. The van der Waals surface area contributed by atoms with Gasteiger partial charge in [-0.05, 0) is 6.07 Å². The number of hydrogen-bond acceptors (Lipinski definition) is 4. The number of nitrogen functional groups attached to an aromatic ring is 1. The van der Waals surface area contributed by atoms with Crippen molar-refractivity contribution >= 4 is 16.6 Å². The number of hydrogen-bond donors (Lipinski definition) is 1. The van der Waals surface area contributed by atoms with Crippen LogP contribution in [0.5, 0.6) is 5.75 Å². The molecule has 0 aliphatic carbocycles. The van der Waals surface area contributed by atoms with Gasteiger partial charge in [0.25, 0.3) is 0 Å². The number of benzene rings is 1. The van der Waals surface area contributed by atoms with Crippen molar-refractivity contribution in [3.63, 3.8) is 0 Å². The van der Waals surface area contributed by atoms with E-state index in [4.69, 9.17) is 15.7 Å². The number of nitriles is 1. The van der Waals surface area contributed by atoms with Gasteiger partial charge < -0.3 is 10.5 Å². The minimum Gasteiger partial charge on any atom is -0.494 e. The van der Waals surface area contributed by atoms with Crippen LogP contribution in [0.3, 0.4) is 0 Å². The Balaban J connectivity index is 2.85. The van der Waals surface area contributed by atoms with Crippen molar-refractivity contribution < 1.29 is 4.74 Å². The largest absolute Gasteiger partial charge is 0.494 e. The van der Waals surface area contributed by atoms with Crippen LogP contribution < -0.4 is 10.5 Å². The molecule has 1 aromatic heterocycles. The number of nitrogens with zero attached hydrogens (tertiary/aromatic N) is 2. The average Bonchev–Trinajstić information content (AvgIpc) is 2.29. The first-order valence-corrected chi connectivity index (χ1v) is 4.39. The van der Waals surface area contributed by atoms with Gasteiger partial charge in [-0.3, -0.25) is 4.98 Å². The van der Waals surface area contributed by atoms with Crippen molar-refractivity contribution in [3.8, 4) is 11.8 Å². The summed E-state index contributed by atoms with van der Waals surface area (Å²) in [6, 6.07) is 7.44. The molecular weight excluding hydrogens is 190 g/mol. The third-order valence-electron chi connectivity index (χ3n) is 2.24. The molecule has 74 valence electrons. The molecule has 4 nitrogen and oxygen atoms in total. The van der Waals surface area contributed by atoms with E-state index in [0.717, 1.165) is 5.39 Å². The van der Waals surface area contributed by atoms with E-state index in [1.54, 1.807) is 13.2 Å². The molecule has 2 rings (SSSR count). The summed E-state index contributed by atoms with van der Waals surface area (Å²) in [6.07, 6.45) is 1.46. The fraction of sp³-hybridized carbons (Fsp3) is 0.0909. The number of ether oxygens (including phenoxy) is 1. The SMILES string of the molecule is COc1cccc2c(N)c(C#N)cnc12. The first-order valence-electron chi connectivity index (χ1n) is 4.39. The maximum absolute atomic E-state index is 8.80. The van der Waals surface area contributed by atoms with Crippen molar-refractivity contribution in [3.05, 3.63) is 30.0 Å². The maximum atomic E-state index is 8.80. The highest BCUT2D eigenvalue weighted by Gasteiger charge is 2.08. The van der Waals surface area contributed by atoms with Gasteiger partial charge in [-0.15, -0.1) is 0 Å². The summed E-state index contributed by atoms with van der Waals surface area (Å²) >= 11 is 0. The van der Waals surface area contributed by atoms with Crippen LogP contribution in [-0.2, 0) is 0 Å². The minimum atomic E-state index is 0.385. The van der Waals surface area contributed by atoms with Crippen molar-refractivity contribution in [2.75, 3.05) is 12.8 Å². The van der Waals surface area contributed by atoms with Gasteiger partial charge in [0, 0.05) is 11.6 Å². The quantitative estimate of drug-likeness (QED) is 0.758. The first kappa shape index (κ1) is 9.28. The second kappa shape index (κ2) is 3.46. The van der Waals surface area contributed by atoms with Crippen molar-refractivity contribution in [2.45, 2.75) is 0 Å². The molecule has 0 aliphatic rings. The number of aromatic nitrogens is 1. The Hall–Kier alpha value is -2.28. The minimum absolute atomic E-state index is 0.385. The lowest BCUT2D eigenvalue weighted by Crippen LogP contribution is -1.95. The molecule has 2 N–H and O–H groups in total. The molecule has 0 bridgehead atoms. The number of nitrogens with two attached hydrogens (primary N) is 1. The second-order valence-electron chi connectivity index (χ2n) is 3.05. The number of pyridine rings is 1. The zero-order chi connectivity index (χ0) is 10.8. The van der Waals surface area contributed by atoms with E-state index >= 15 is 0 Å². The van der Waals surface area contributed by atoms with E-state index in [2.05, 4.69) is 4.98 Å². The second-order valence-corrected chi connectivity index (χ2v) is 3.05. The van der Waals surface area contributed by atoms with E-state index in [1.165, 1.54) is 6.20 Å². The fourth-order valence-corrected chi connectivity index (χ4v) is 1.47. The number of para-hydroxylation sites is 1. The summed E-state index contributed by atoms with van der Waals surface area (Å²) in [5, 5.41) is 9.55. The van der Waals surface area contributed by atoms with Crippen molar-refractivity contribution in [1.82, 2.24) is 4.98 Å². The summed E-state index contributed by atoms with van der Waals surface area (Å²) in [7, 11) is 1.57. The molecule has 4 heteroatoms. The summed E-state index contributed by atoms with van der Waals surface area (Å²) in [5.41, 5.74) is 7.34. The number of anilines is 1. The summed E-state index contributed by atoms with van der Waals surface area (Å²) < 4.78 is 5.16. The van der Waals surface area contributed by atoms with Crippen molar-refractivity contribution in [1.29, 1.82) is 5.26 Å². The highest BCUT2D eigenvalue weighted by molar-refractivity contribution is 5.95. The van der Waals surface area contributed by atoms with E-state index in [0.29, 0.717) is 22.5 Å². The molecule has 15 heavy (non-hydrogen) atoms. The molecule has 0 saturated carbocycles. The zero-order valence-corrected chi connectivity index (χ0v) is 8.19. The third kappa shape index (κ3) is 1.34. The van der Waals surface area contributed by atoms with Gasteiger partial charge in [-0.25, -0.2) is 0 Å². The summed E-state index contributed by atoms with van der Waals surface area (Å²) in [6.45, 7) is 0. The lowest BCUT2D eigenvalue weighted by molar-refractivity contribution is 0.419. The molecule has 0 spiro atoms. The Morgan fingerprint density at radius 1 is 1.47 bits per heavy atom. The van der Waals surface area contributed by atoms with E-state index in [-0.39, 0.29) is 0 Å². The van der Waals surface area contributed by atoms with Crippen LogP contribution in [0.25, 0.3) is 10.9 Å². The first-order chi connectivity index (χ1) is 7.27. The highest BCUT2D eigenvalue weighted by Crippen LogP contribution is 2.28. The Kier molecular flexibility index (Phi) is 2.14. The van der Waals surface area contributed by atoms with Crippen LogP contribution in [0.4, 0.5) is 5.69 Å². The molecule has 0 saturated heterocycles. The van der Waals surface area contributed by atoms with E-state index < -0.39 is 0 Å². The van der Waals surface area contributed by atoms with Crippen LogP contribution in [0.2, 0.25) is 0 Å². The summed E-state index contributed by atoms with van der Waals surface area (Å²) in [4.78, 5) is 4.16. The number of fused-ring (bicyclic) bond motifs is 1. The van der Waals surface area contributed by atoms with Gasteiger partial charge in [0.2, 0.25) is 0 Å². The zero-order valence-electron chi connectivity index (χ0n) is 8.19. The molecule has 0 amide bonds. The smallest absolute Gasteiger partial charge is 0.145 e. The molecule has 0 atom stereocenters. The van der Waals surface area contributed by atoms with Gasteiger partial charge in [-0.1, -0.05) is 12.1 Å². The molecule has 1 heterocycles. The molecule has 0 fully saturated rings. The number of methoxy groups -OCH3 is 1. The van der Waals surface area contributed by atoms with Gasteiger partial charge in [0.1, 0.15) is 17.3 Å². The maximum Gasteiger partial charge on any atom is 0.145 e. The van der Waals surface area contributed by atoms with Crippen LogP contribution >= 0.6 is 0 Å². The summed E-state index contributed by atoms with van der Waals surface area (Å²) in [5.74, 6) is 0.656. The standard InChI is InChI=1S/C11H9N3O/c1-15-9-4-2-3-8-10(13)7(5-12)6-14-11(8)9/h2-4,6H,1H3,(H2,13,14). The Morgan fingerprint density at radius 2 is 2.27 bits per heavy atom. The third-order valence-corrected chi connectivity index (χ3v) is 2.24. The molecule has 0 unspecified atom stereocenters. The van der Waals surface area contributed by atoms with Gasteiger partial charge >= 0.3 is 0 Å². The predicted octanol–water partition coefficient (Wildman–Crippen LogP) is 1.70. The molecular formula is C11H9N3O. The van der Waals surface area contributed by atoms with Crippen LogP contribution in [0, 0.1) is 11.3 Å². The van der Waals surface area contributed by atoms with Crippen LogP contribution in [0.15, 0.2) is 24.4 Å². The van der Waals surface area contributed by atoms with E-state index in [1.807, 2.05) is 18.2 Å². The van der Waals surface area contributed by atoms with Crippen LogP contribution in [-0.4, -0.2) is 12.1 Å². The monoisotopic (exact) mass is 199 g/mol. The van der Waals surface area contributed by atoms with Gasteiger partial charge in [0.15, 0.2) is 0 Å². The lowest BCUT2D eigenvalue weighted by atomic mass is 10.1. The fourth-order valence-electron chi connectivity index (χ4n) is 1.47. The topological polar surface area (TPSA) is 71.9 Å². The lowest BCUT2D eigenvalue weighted by Gasteiger charge is -2.06. The van der Waals surface area contributed by atoms with Crippen LogP contribution in [0.1, 0.15) is 5.56 Å². The molecule has 0 radical (unpaired) electrons. The van der Waals surface area contributed by atoms with Gasteiger partial charge in [0.05, 0.1) is 18.4 Å². The predicted molar refractivity (Wildman–Crippen MR) is 57.4 cm³/mol.